The summed E-state index contributed by atoms with van der Waals surface area (Å²) < 4.78 is 53.9. The standard InChI is InChI=1S/C23H26F4N6O2/c24-20-21(29-9-15-7-8-32(11-18(15)34)12-19(28)35)30-13-31-22(20)33(17-5-6-17)10-14-1-3-16(4-2-14)23(25,26)27/h1-4,13,15,17H,5-12H2,(H2,28,35)(H,29,30,31)/t15-/m0/s1. The van der Waals surface area contributed by atoms with E-state index >= 15 is 4.39 Å². The first-order valence-corrected chi connectivity index (χ1v) is 11.3. The number of aromatic nitrogens is 2. The Morgan fingerprint density at radius 3 is 2.49 bits per heavy atom. The maximum absolute atomic E-state index is 15.4. The minimum absolute atomic E-state index is 0.0196. The molecular formula is C23H26F4N6O2. The Bertz CT molecular complexity index is 1070. The van der Waals surface area contributed by atoms with Crippen molar-refractivity contribution in [3.8, 4) is 0 Å². The first-order valence-electron chi connectivity index (χ1n) is 11.3. The number of ketones is 1. The molecule has 1 aromatic heterocycles. The van der Waals surface area contributed by atoms with Crippen LogP contribution in [-0.4, -0.2) is 58.8 Å². The van der Waals surface area contributed by atoms with Gasteiger partial charge in [-0.15, -0.1) is 0 Å². The van der Waals surface area contributed by atoms with Crippen molar-refractivity contribution >= 4 is 23.3 Å². The predicted molar refractivity (Wildman–Crippen MR) is 120 cm³/mol. The summed E-state index contributed by atoms with van der Waals surface area (Å²) in [7, 11) is 0. The lowest BCUT2D eigenvalue weighted by molar-refractivity contribution is -0.137. The van der Waals surface area contributed by atoms with Crippen molar-refractivity contribution in [2.24, 2.45) is 11.7 Å². The second-order valence-electron chi connectivity index (χ2n) is 8.92. The van der Waals surface area contributed by atoms with Crippen LogP contribution in [-0.2, 0) is 22.3 Å². The highest BCUT2D eigenvalue weighted by molar-refractivity contribution is 5.85. The van der Waals surface area contributed by atoms with Crippen LogP contribution in [0.4, 0.5) is 29.2 Å². The molecule has 0 radical (unpaired) electrons. The molecule has 3 N–H and O–H groups in total. The van der Waals surface area contributed by atoms with Gasteiger partial charge in [0.15, 0.2) is 17.4 Å². The zero-order chi connectivity index (χ0) is 25.2. The highest BCUT2D eigenvalue weighted by atomic mass is 19.4. The number of piperidine rings is 1. The van der Waals surface area contributed by atoms with Gasteiger partial charge < -0.3 is 16.0 Å². The minimum Gasteiger partial charge on any atom is -0.369 e. The van der Waals surface area contributed by atoms with Crippen molar-refractivity contribution in [1.29, 1.82) is 0 Å². The molecule has 2 aromatic rings. The van der Waals surface area contributed by atoms with Crippen molar-refractivity contribution in [3.05, 3.63) is 47.5 Å². The van der Waals surface area contributed by atoms with Gasteiger partial charge in [-0.1, -0.05) is 12.1 Å². The zero-order valence-electron chi connectivity index (χ0n) is 18.9. The molecule has 4 rings (SSSR count). The molecule has 1 amide bonds. The number of anilines is 2. The second-order valence-corrected chi connectivity index (χ2v) is 8.92. The molecule has 8 nitrogen and oxygen atoms in total. The monoisotopic (exact) mass is 494 g/mol. The molecule has 1 aliphatic heterocycles. The fourth-order valence-corrected chi connectivity index (χ4v) is 4.16. The summed E-state index contributed by atoms with van der Waals surface area (Å²) in [4.78, 5) is 35.0. The molecule has 2 heterocycles. The normalized spacial score (nSPS) is 19.0. The summed E-state index contributed by atoms with van der Waals surface area (Å²) in [5.41, 5.74) is 5.04. The first kappa shape index (κ1) is 24.8. The van der Waals surface area contributed by atoms with Crippen LogP contribution >= 0.6 is 0 Å². The van der Waals surface area contributed by atoms with Crippen LogP contribution < -0.4 is 16.0 Å². The van der Waals surface area contributed by atoms with Gasteiger partial charge in [0.05, 0.1) is 18.7 Å². The van der Waals surface area contributed by atoms with Crippen LogP contribution in [0.5, 0.6) is 0 Å². The molecule has 1 saturated heterocycles. The number of rotatable bonds is 9. The van der Waals surface area contributed by atoms with Gasteiger partial charge in [0.25, 0.3) is 0 Å². The zero-order valence-corrected chi connectivity index (χ0v) is 18.9. The number of likely N-dealkylation sites (tertiary alicyclic amines) is 1. The van der Waals surface area contributed by atoms with Crippen LogP contribution in [0.3, 0.4) is 0 Å². The summed E-state index contributed by atoms with van der Waals surface area (Å²) in [6.45, 7) is 1.04. The van der Waals surface area contributed by atoms with E-state index < -0.39 is 23.5 Å². The van der Waals surface area contributed by atoms with Crippen LogP contribution in [0, 0.1) is 11.7 Å². The Hall–Kier alpha value is -3.28. The average molecular weight is 494 g/mol. The van der Waals surface area contributed by atoms with Gasteiger partial charge in [-0.2, -0.15) is 17.6 Å². The molecule has 12 heteroatoms. The van der Waals surface area contributed by atoms with Crippen LogP contribution in [0.2, 0.25) is 0 Å². The van der Waals surface area contributed by atoms with Gasteiger partial charge in [0.1, 0.15) is 6.33 Å². The highest BCUT2D eigenvalue weighted by Crippen LogP contribution is 2.35. The number of nitrogens with one attached hydrogen (secondary N) is 1. The van der Waals surface area contributed by atoms with Gasteiger partial charge in [-0.3, -0.25) is 14.5 Å². The third-order valence-electron chi connectivity index (χ3n) is 6.19. The van der Waals surface area contributed by atoms with Gasteiger partial charge in [-0.05, 0) is 43.5 Å². The topological polar surface area (TPSA) is 104 Å². The number of Topliss-reactive ketones (excluding diaryl/α,β-unsaturated/α-hetero) is 1. The Morgan fingerprint density at radius 1 is 1.17 bits per heavy atom. The maximum Gasteiger partial charge on any atom is 0.416 e. The Morgan fingerprint density at radius 2 is 1.89 bits per heavy atom. The number of hydrogen-bond donors (Lipinski definition) is 2. The molecule has 1 aliphatic carbocycles. The number of amides is 1. The summed E-state index contributed by atoms with van der Waals surface area (Å²) in [5, 5.41) is 2.90. The summed E-state index contributed by atoms with van der Waals surface area (Å²) in [5.74, 6) is -1.58. The lowest BCUT2D eigenvalue weighted by Gasteiger charge is -2.30. The van der Waals surface area contributed by atoms with E-state index in [1.165, 1.54) is 18.5 Å². The van der Waals surface area contributed by atoms with Crippen molar-refractivity contribution in [2.75, 3.05) is 36.4 Å². The fourth-order valence-electron chi connectivity index (χ4n) is 4.16. The SMILES string of the molecule is NC(=O)CN1CC[C@@H](CNc2ncnc(N(Cc3ccc(C(F)(F)F)cc3)C3CC3)c2F)C(=O)C1. The molecule has 0 bridgehead atoms. The quantitative estimate of drug-likeness (QED) is 0.517. The van der Waals surface area contributed by atoms with E-state index in [2.05, 4.69) is 15.3 Å². The molecule has 188 valence electrons. The number of halogens is 4. The highest BCUT2D eigenvalue weighted by Gasteiger charge is 2.34. The molecular weight excluding hydrogens is 468 g/mol. The number of carbonyl (C=O) groups excluding carboxylic acids is 2. The summed E-state index contributed by atoms with van der Waals surface area (Å²) in [6.07, 6.45) is -1.05. The van der Waals surface area contributed by atoms with Gasteiger partial charge in [0, 0.05) is 25.0 Å². The lowest BCUT2D eigenvalue weighted by atomic mass is 9.95. The van der Waals surface area contributed by atoms with E-state index in [0.717, 1.165) is 25.0 Å². The molecule has 35 heavy (non-hydrogen) atoms. The van der Waals surface area contributed by atoms with Crippen LogP contribution in [0.1, 0.15) is 30.4 Å². The number of primary amides is 1. The molecule has 2 aliphatic rings. The average Bonchev–Trinajstić information content (AvgIpc) is 3.63. The second kappa shape index (κ2) is 10.1. The van der Waals surface area contributed by atoms with Gasteiger partial charge in [-0.25, -0.2) is 9.97 Å². The van der Waals surface area contributed by atoms with E-state index in [0.29, 0.717) is 18.5 Å². The first-order chi connectivity index (χ1) is 16.6. The molecule has 1 atom stereocenters. The number of nitrogens with zero attached hydrogens (tertiary/aromatic N) is 4. The number of alkyl halides is 3. The molecule has 2 fully saturated rings. The van der Waals surface area contributed by atoms with Crippen molar-refractivity contribution < 1.29 is 27.2 Å². The molecule has 0 unspecified atom stereocenters. The van der Waals surface area contributed by atoms with Crippen molar-refractivity contribution in [1.82, 2.24) is 14.9 Å². The maximum atomic E-state index is 15.4. The minimum atomic E-state index is -4.42. The number of hydrogen-bond acceptors (Lipinski definition) is 7. The van der Waals surface area contributed by atoms with E-state index in [1.54, 1.807) is 9.80 Å². The number of benzene rings is 1. The van der Waals surface area contributed by atoms with Crippen molar-refractivity contribution in [3.63, 3.8) is 0 Å². The molecule has 0 spiro atoms. The summed E-state index contributed by atoms with van der Waals surface area (Å²) >= 11 is 0. The van der Waals surface area contributed by atoms with Gasteiger partial charge >= 0.3 is 6.18 Å². The fraction of sp³-hybridized carbons (Fsp3) is 0.478. The van der Waals surface area contributed by atoms with Gasteiger partial charge in [0.2, 0.25) is 11.7 Å². The van der Waals surface area contributed by atoms with E-state index in [-0.39, 0.29) is 55.6 Å². The Balaban J connectivity index is 1.43. The van der Waals surface area contributed by atoms with E-state index in [1.807, 2.05) is 0 Å². The smallest absolute Gasteiger partial charge is 0.369 e. The molecule has 1 saturated carbocycles. The lowest BCUT2D eigenvalue weighted by Crippen LogP contribution is -2.46. The third kappa shape index (κ3) is 6.24. The molecule has 1 aromatic carbocycles. The van der Waals surface area contributed by atoms with Crippen LogP contribution in [0.15, 0.2) is 30.6 Å². The van der Waals surface area contributed by atoms with Crippen LogP contribution in [0.25, 0.3) is 0 Å². The number of carbonyl (C=O) groups is 2. The largest absolute Gasteiger partial charge is 0.416 e. The predicted octanol–water partition coefficient (Wildman–Crippen LogP) is 2.59. The summed E-state index contributed by atoms with van der Waals surface area (Å²) in [6, 6.07) is 4.82. The Kier molecular flexibility index (Phi) is 7.20. The van der Waals surface area contributed by atoms with E-state index in [9.17, 15) is 22.8 Å². The number of nitrogens with two attached hydrogens (primary N) is 1. The Labute approximate surface area is 199 Å². The van der Waals surface area contributed by atoms with E-state index in [4.69, 9.17) is 5.73 Å². The third-order valence-corrected chi connectivity index (χ3v) is 6.19. The van der Waals surface area contributed by atoms with Crippen molar-refractivity contribution in [2.45, 2.75) is 38.0 Å².